The summed E-state index contributed by atoms with van der Waals surface area (Å²) in [5.74, 6) is 0. The molecule has 1 aromatic carbocycles. The van der Waals surface area contributed by atoms with E-state index < -0.39 is 0 Å². The number of benzene rings is 1. The smallest absolute Gasteiger partial charge is 0.0161 e. The Morgan fingerprint density at radius 3 is 2.27 bits per heavy atom. The van der Waals surface area contributed by atoms with E-state index in [1.54, 1.807) is 0 Å². The Morgan fingerprint density at radius 2 is 1.64 bits per heavy atom. The second-order valence-corrected chi connectivity index (χ2v) is 2.66. The zero-order valence-corrected chi connectivity index (χ0v) is 8.59. The zero-order valence-electron chi connectivity index (χ0n) is 6.32. The van der Waals surface area contributed by atoms with E-state index in [2.05, 4.69) is 43.7 Å². The van der Waals surface area contributed by atoms with Crippen LogP contribution in [-0.2, 0) is 0 Å². The van der Waals surface area contributed by atoms with Crippen molar-refractivity contribution in [3.05, 3.63) is 47.4 Å². The average molecular weight is 286 g/mol. The summed E-state index contributed by atoms with van der Waals surface area (Å²) in [4.78, 5) is 0. The Labute approximate surface area is 99.4 Å². The molecule has 0 N–H and O–H groups in total. The number of hydrogen-bond acceptors (Lipinski definition) is 0. The van der Waals surface area contributed by atoms with Crippen molar-refractivity contribution in [2.45, 2.75) is 6.92 Å². The van der Waals surface area contributed by atoms with Crippen molar-refractivity contribution in [3.63, 3.8) is 0 Å². The summed E-state index contributed by atoms with van der Waals surface area (Å²) in [6.07, 6.45) is 4.41. The molecule has 1 aliphatic rings. The van der Waals surface area contributed by atoms with Crippen molar-refractivity contribution in [1.82, 2.24) is 0 Å². The van der Waals surface area contributed by atoms with E-state index in [-0.39, 0.29) is 39.9 Å². The summed E-state index contributed by atoms with van der Waals surface area (Å²) < 4.78 is 0. The Morgan fingerprint density at radius 1 is 1.00 bits per heavy atom. The Kier molecular flexibility index (Phi) is 3.23. The van der Waals surface area contributed by atoms with Crippen LogP contribution in [0.4, 0.5) is 0 Å². The standard InChI is InChI=1S/C10H9.Gd/c1-8-6-9-4-2-3-5-10(9)7-8;/h2-7H,1H3;. The minimum Gasteiger partial charge on any atom is -0.0643 e. The van der Waals surface area contributed by atoms with E-state index in [0.29, 0.717) is 0 Å². The van der Waals surface area contributed by atoms with E-state index >= 15 is 0 Å². The molecule has 0 fully saturated rings. The summed E-state index contributed by atoms with van der Waals surface area (Å²) >= 11 is 0. The molecule has 2 rings (SSSR count). The molecule has 1 radical (unpaired) electrons. The average Bonchev–Trinajstić information content (AvgIpc) is 2.27. The monoisotopic (exact) mass is 287 g/mol. The SMILES string of the molecule is CC1=Cc2ccccc2[CH]1.[Gd]. The number of fused-ring (bicyclic) bond motifs is 1. The number of allylic oxidation sites excluding steroid dienone is 1. The molecule has 1 aromatic rings. The molecule has 0 saturated heterocycles. The largest absolute Gasteiger partial charge is 0.0643 e. The summed E-state index contributed by atoms with van der Waals surface area (Å²) in [5.41, 5.74) is 4.04. The van der Waals surface area contributed by atoms with Gasteiger partial charge in [-0.3, -0.25) is 0 Å². The van der Waals surface area contributed by atoms with Gasteiger partial charge >= 0.3 is 0 Å². The third-order valence-corrected chi connectivity index (χ3v) is 1.76. The van der Waals surface area contributed by atoms with Crippen LogP contribution in [0.15, 0.2) is 29.8 Å². The zero-order chi connectivity index (χ0) is 6.97. The molecule has 1 aliphatic carbocycles. The second-order valence-electron chi connectivity index (χ2n) is 2.66. The first-order chi connectivity index (χ1) is 4.86. The van der Waals surface area contributed by atoms with Gasteiger partial charge in [-0.25, -0.2) is 0 Å². The fourth-order valence-corrected chi connectivity index (χ4v) is 1.31. The third kappa shape index (κ3) is 1.90. The molecule has 0 saturated carbocycles. The Bertz CT molecular complexity index is 287. The number of hydrogen-bond donors (Lipinski definition) is 0. The van der Waals surface area contributed by atoms with Gasteiger partial charge in [0, 0.05) is 46.4 Å². The summed E-state index contributed by atoms with van der Waals surface area (Å²) in [6, 6.07) is 8.42. The molecule has 0 atom stereocenters. The molecule has 0 spiro atoms. The maximum atomic E-state index is 2.20. The van der Waals surface area contributed by atoms with Crippen LogP contribution < -0.4 is 0 Å². The Hall–Kier alpha value is 0.285. The van der Waals surface area contributed by atoms with Gasteiger partial charge in [-0.15, -0.1) is 0 Å². The maximum Gasteiger partial charge on any atom is 0.0161 e. The van der Waals surface area contributed by atoms with E-state index in [1.807, 2.05) is 0 Å². The first kappa shape index (κ1) is 9.37. The summed E-state index contributed by atoms with van der Waals surface area (Å²) in [7, 11) is 0. The van der Waals surface area contributed by atoms with Gasteiger partial charge in [0.05, 0.1) is 0 Å². The molecule has 0 unspecified atom stereocenters. The fraction of sp³-hybridized carbons (Fsp3) is 0.100. The van der Waals surface area contributed by atoms with Crippen molar-refractivity contribution >= 4 is 6.08 Å². The van der Waals surface area contributed by atoms with E-state index in [9.17, 15) is 0 Å². The predicted octanol–water partition coefficient (Wildman–Crippen LogP) is 2.66. The van der Waals surface area contributed by atoms with Gasteiger partial charge in [-0.2, -0.15) is 0 Å². The van der Waals surface area contributed by atoms with Crippen LogP contribution in [0.3, 0.4) is 0 Å². The third-order valence-electron chi connectivity index (χ3n) is 1.76. The summed E-state index contributed by atoms with van der Waals surface area (Å²) in [6.45, 7) is 2.12. The van der Waals surface area contributed by atoms with Crippen molar-refractivity contribution in [2.24, 2.45) is 0 Å². The molecule has 0 aliphatic heterocycles. The van der Waals surface area contributed by atoms with E-state index in [0.717, 1.165) is 0 Å². The van der Waals surface area contributed by atoms with Crippen molar-refractivity contribution < 1.29 is 39.9 Å². The van der Waals surface area contributed by atoms with Crippen LogP contribution in [0.2, 0.25) is 0 Å². The van der Waals surface area contributed by atoms with Gasteiger partial charge in [-0.05, 0) is 18.1 Å². The molecule has 1 heteroatoms. The molecule has 0 nitrogen and oxygen atoms in total. The van der Waals surface area contributed by atoms with Gasteiger partial charge in [0.15, 0.2) is 0 Å². The predicted molar refractivity (Wildman–Crippen MR) is 43.5 cm³/mol. The van der Waals surface area contributed by atoms with Gasteiger partial charge in [0.1, 0.15) is 0 Å². The van der Waals surface area contributed by atoms with Crippen molar-refractivity contribution in [2.75, 3.05) is 0 Å². The van der Waals surface area contributed by atoms with Crippen LogP contribution in [0.5, 0.6) is 0 Å². The van der Waals surface area contributed by atoms with Crippen LogP contribution >= 0.6 is 0 Å². The second kappa shape index (κ2) is 3.79. The van der Waals surface area contributed by atoms with Gasteiger partial charge in [0.25, 0.3) is 0 Å². The van der Waals surface area contributed by atoms with Crippen LogP contribution in [0.25, 0.3) is 6.08 Å². The molecule has 0 heterocycles. The topological polar surface area (TPSA) is 0 Å². The molecular formula is C10H9Gd. The minimum atomic E-state index is 0. The quantitative estimate of drug-likeness (QED) is 0.688. The van der Waals surface area contributed by atoms with Crippen molar-refractivity contribution in [1.29, 1.82) is 0 Å². The van der Waals surface area contributed by atoms with Gasteiger partial charge in [0.2, 0.25) is 0 Å². The first-order valence-electron chi connectivity index (χ1n) is 3.48. The molecule has 0 aromatic heterocycles. The van der Waals surface area contributed by atoms with Crippen molar-refractivity contribution in [3.8, 4) is 0 Å². The molecule has 0 bridgehead atoms. The summed E-state index contributed by atoms with van der Waals surface area (Å²) in [5, 5.41) is 0. The Balaban J connectivity index is 0.000000605. The molecular weight excluding hydrogens is 277 g/mol. The first-order valence-corrected chi connectivity index (χ1v) is 3.48. The molecule has 11 heavy (non-hydrogen) atoms. The minimum absolute atomic E-state index is 0. The molecule has 57 valence electrons. The van der Waals surface area contributed by atoms with Crippen LogP contribution in [0.1, 0.15) is 18.1 Å². The van der Waals surface area contributed by atoms with E-state index in [1.165, 1.54) is 16.7 Å². The normalized spacial score (nSPS) is 13.4. The number of rotatable bonds is 0. The van der Waals surface area contributed by atoms with Crippen LogP contribution in [-0.4, -0.2) is 0 Å². The van der Waals surface area contributed by atoms with Gasteiger partial charge < -0.3 is 0 Å². The van der Waals surface area contributed by atoms with E-state index in [4.69, 9.17) is 0 Å². The fourth-order valence-electron chi connectivity index (χ4n) is 1.31. The molecule has 0 amide bonds. The maximum absolute atomic E-state index is 2.20. The van der Waals surface area contributed by atoms with Gasteiger partial charge in [-0.1, -0.05) is 35.9 Å². The van der Waals surface area contributed by atoms with Crippen LogP contribution in [0, 0.1) is 46.4 Å².